The highest BCUT2D eigenvalue weighted by Crippen LogP contribution is 2.30. The maximum atomic E-state index is 5.19. The van der Waals surface area contributed by atoms with Gasteiger partial charge in [-0.25, -0.2) is 0 Å². The first-order chi connectivity index (χ1) is 9.29. The summed E-state index contributed by atoms with van der Waals surface area (Å²) >= 11 is 0. The highest BCUT2D eigenvalue weighted by molar-refractivity contribution is 5.03. The smallest absolute Gasteiger partial charge is 0.159 e. The second-order valence-electron chi connectivity index (χ2n) is 5.88. The molecule has 1 aliphatic heterocycles. The molecular weight excluding hydrogens is 240 g/mol. The van der Waals surface area contributed by atoms with Gasteiger partial charge >= 0.3 is 0 Å². The topological polar surface area (TPSA) is 43.2 Å². The van der Waals surface area contributed by atoms with Crippen molar-refractivity contribution in [1.29, 1.82) is 0 Å². The Bertz CT molecular complexity index is 425. The van der Waals surface area contributed by atoms with Crippen LogP contribution in [0.25, 0.3) is 0 Å². The SMILES string of the molecule is COCc1nnc2n1CCN(CC1CCCC1)[C@H]2C. The average molecular weight is 264 g/mol. The van der Waals surface area contributed by atoms with Crippen molar-refractivity contribution >= 4 is 0 Å². The number of aromatic nitrogens is 3. The van der Waals surface area contributed by atoms with Crippen LogP contribution < -0.4 is 0 Å². The zero-order chi connectivity index (χ0) is 13.2. The molecule has 1 aromatic heterocycles. The van der Waals surface area contributed by atoms with E-state index in [4.69, 9.17) is 4.74 Å². The molecule has 1 atom stereocenters. The first-order valence-corrected chi connectivity index (χ1v) is 7.44. The van der Waals surface area contributed by atoms with E-state index in [1.54, 1.807) is 7.11 Å². The molecule has 1 saturated carbocycles. The third kappa shape index (κ3) is 2.54. The van der Waals surface area contributed by atoms with Gasteiger partial charge < -0.3 is 9.30 Å². The van der Waals surface area contributed by atoms with Gasteiger partial charge in [-0.2, -0.15) is 0 Å². The van der Waals surface area contributed by atoms with Crippen molar-refractivity contribution < 1.29 is 4.74 Å². The summed E-state index contributed by atoms with van der Waals surface area (Å²) in [7, 11) is 1.71. The second kappa shape index (κ2) is 5.59. The summed E-state index contributed by atoms with van der Waals surface area (Å²) in [5.41, 5.74) is 0. The zero-order valence-electron chi connectivity index (χ0n) is 12.0. The van der Waals surface area contributed by atoms with Crippen molar-refractivity contribution in [3.63, 3.8) is 0 Å². The molecule has 0 amide bonds. The molecule has 106 valence electrons. The lowest BCUT2D eigenvalue weighted by Gasteiger charge is -2.35. The molecule has 0 spiro atoms. The molecule has 0 saturated heterocycles. The second-order valence-corrected chi connectivity index (χ2v) is 5.88. The van der Waals surface area contributed by atoms with Crippen LogP contribution in [0.15, 0.2) is 0 Å². The van der Waals surface area contributed by atoms with Crippen LogP contribution in [0.2, 0.25) is 0 Å². The predicted octanol–water partition coefficient (Wildman–Crippen LogP) is 1.99. The molecule has 5 nitrogen and oxygen atoms in total. The zero-order valence-corrected chi connectivity index (χ0v) is 12.0. The highest BCUT2D eigenvalue weighted by atomic mass is 16.5. The van der Waals surface area contributed by atoms with Crippen LogP contribution in [0.3, 0.4) is 0 Å². The number of fused-ring (bicyclic) bond motifs is 1. The summed E-state index contributed by atoms with van der Waals surface area (Å²) in [4.78, 5) is 2.58. The van der Waals surface area contributed by atoms with Crippen LogP contribution in [0, 0.1) is 5.92 Å². The van der Waals surface area contributed by atoms with E-state index < -0.39 is 0 Å². The van der Waals surface area contributed by atoms with Gasteiger partial charge in [0.1, 0.15) is 12.4 Å². The van der Waals surface area contributed by atoms with Crippen molar-refractivity contribution in [3.05, 3.63) is 11.6 Å². The lowest BCUT2D eigenvalue weighted by Crippen LogP contribution is -2.40. The molecule has 0 N–H and O–H groups in total. The van der Waals surface area contributed by atoms with E-state index in [0.29, 0.717) is 12.6 Å². The van der Waals surface area contributed by atoms with Crippen molar-refractivity contribution in [2.45, 2.75) is 51.8 Å². The van der Waals surface area contributed by atoms with Gasteiger partial charge in [0.25, 0.3) is 0 Å². The number of rotatable bonds is 4. The van der Waals surface area contributed by atoms with Crippen molar-refractivity contribution in [3.8, 4) is 0 Å². The molecule has 0 bridgehead atoms. The van der Waals surface area contributed by atoms with E-state index in [0.717, 1.165) is 30.7 Å². The van der Waals surface area contributed by atoms with E-state index in [-0.39, 0.29) is 0 Å². The number of ether oxygens (including phenoxy) is 1. The summed E-state index contributed by atoms with van der Waals surface area (Å²) in [6, 6.07) is 0.382. The fourth-order valence-electron chi connectivity index (χ4n) is 3.50. The van der Waals surface area contributed by atoms with E-state index >= 15 is 0 Å². The lowest BCUT2D eigenvalue weighted by molar-refractivity contribution is 0.131. The Labute approximate surface area is 114 Å². The van der Waals surface area contributed by atoms with E-state index in [9.17, 15) is 0 Å². The van der Waals surface area contributed by atoms with Gasteiger partial charge in [-0.15, -0.1) is 10.2 Å². The first kappa shape index (κ1) is 13.1. The maximum absolute atomic E-state index is 5.19. The molecule has 2 aliphatic rings. The van der Waals surface area contributed by atoms with Gasteiger partial charge in [0.05, 0.1) is 6.04 Å². The summed E-state index contributed by atoms with van der Waals surface area (Å²) in [6.45, 7) is 6.15. The lowest BCUT2D eigenvalue weighted by atomic mass is 10.1. The molecule has 2 heterocycles. The van der Waals surface area contributed by atoms with Gasteiger partial charge in [-0.05, 0) is 25.7 Å². The molecular formula is C14H24N4O. The monoisotopic (exact) mass is 264 g/mol. The Hall–Kier alpha value is -0.940. The van der Waals surface area contributed by atoms with Crippen molar-refractivity contribution in [1.82, 2.24) is 19.7 Å². The minimum absolute atomic E-state index is 0.382. The maximum Gasteiger partial charge on any atom is 0.159 e. The molecule has 0 radical (unpaired) electrons. The molecule has 0 unspecified atom stereocenters. The summed E-state index contributed by atoms with van der Waals surface area (Å²) < 4.78 is 7.42. The summed E-state index contributed by atoms with van der Waals surface area (Å²) in [5, 5.41) is 8.64. The van der Waals surface area contributed by atoms with Gasteiger partial charge in [0.15, 0.2) is 5.82 Å². The highest BCUT2D eigenvalue weighted by Gasteiger charge is 2.30. The summed E-state index contributed by atoms with van der Waals surface area (Å²) in [6.07, 6.45) is 5.65. The first-order valence-electron chi connectivity index (χ1n) is 7.44. The average Bonchev–Trinajstić information content (AvgIpc) is 3.04. The Morgan fingerprint density at radius 1 is 1.21 bits per heavy atom. The number of methoxy groups -OCH3 is 1. The largest absolute Gasteiger partial charge is 0.377 e. The van der Waals surface area contributed by atoms with Crippen molar-refractivity contribution in [2.24, 2.45) is 5.92 Å². The molecule has 1 fully saturated rings. The molecule has 19 heavy (non-hydrogen) atoms. The van der Waals surface area contributed by atoms with Gasteiger partial charge in [-0.3, -0.25) is 4.90 Å². The molecule has 5 heteroatoms. The van der Waals surface area contributed by atoms with E-state index in [1.165, 1.54) is 32.2 Å². The quantitative estimate of drug-likeness (QED) is 0.834. The van der Waals surface area contributed by atoms with Crippen LogP contribution in [-0.4, -0.2) is 39.9 Å². The fraction of sp³-hybridized carbons (Fsp3) is 0.857. The fourth-order valence-corrected chi connectivity index (χ4v) is 3.50. The van der Waals surface area contributed by atoms with Gasteiger partial charge in [-0.1, -0.05) is 12.8 Å². The van der Waals surface area contributed by atoms with Crippen LogP contribution in [-0.2, 0) is 17.9 Å². The molecule has 1 aromatic rings. The number of nitrogens with zero attached hydrogens (tertiary/aromatic N) is 4. The van der Waals surface area contributed by atoms with Crippen LogP contribution >= 0.6 is 0 Å². The van der Waals surface area contributed by atoms with Crippen LogP contribution in [0.1, 0.15) is 50.3 Å². The van der Waals surface area contributed by atoms with E-state index in [1.807, 2.05) is 0 Å². The Kier molecular flexibility index (Phi) is 3.84. The van der Waals surface area contributed by atoms with Crippen molar-refractivity contribution in [2.75, 3.05) is 20.2 Å². The third-order valence-corrected chi connectivity index (χ3v) is 4.63. The molecule has 0 aromatic carbocycles. The Morgan fingerprint density at radius 2 is 2.00 bits per heavy atom. The normalized spacial score (nSPS) is 24.8. The van der Waals surface area contributed by atoms with Gasteiger partial charge in [0, 0.05) is 26.7 Å². The minimum Gasteiger partial charge on any atom is -0.377 e. The number of hydrogen-bond donors (Lipinski definition) is 0. The number of hydrogen-bond acceptors (Lipinski definition) is 4. The predicted molar refractivity (Wildman–Crippen MR) is 72.7 cm³/mol. The summed E-state index contributed by atoms with van der Waals surface area (Å²) in [5.74, 6) is 2.97. The Balaban J connectivity index is 1.70. The van der Waals surface area contributed by atoms with Gasteiger partial charge in [0.2, 0.25) is 0 Å². The van der Waals surface area contributed by atoms with Crippen LogP contribution in [0.4, 0.5) is 0 Å². The minimum atomic E-state index is 0.382. The molecule has 3 rings (SSSR count). The standard InChI is InChI=1S/C14H24N4O/c1-11-14-16-15-13(10-19-2)18(14)8-7-17(11)9-12-5-3-4-6-12/h11-12H,3-10H2,1-2H3/t11-/m0/s1. The third-order valence-electron chi connectivity index (χ3n) is 4.63. The van der Waals surface area contributed by atoms with E-state index in [2.05, 4.69) is 26.6 Å². The Morgan fingerprint density at radius 3 is 2.74 bits per heavy atom. The molecule has 1 aliphatic carbocycles. The van der Waals surface area contributed by atoms with Crippen LogP contribution in [0.5, 0.6) is 0 Å².